The minimum Gasteiger partial charge on any atom is -0.450 e. The number of alkyl carbamates (subject to hydrolysis) is 1. The van der Waals surface area contributed by atoms with Crippen LogP contribution in [0, 0.1) is 0 Å². The van der Waals surface area contributed by atoms with Crippen LogP contribution in [0.3, 0.4) is 0 Å². The van der Waals surface area contributed by atoms with Crippen molar-refractivity contribution in [3.8, 4) is 0 Å². The van der Waals surface area contributed by atoms with Crippen molar-refractivity contribution in [2.75, 3.05) is 13.7 Å². The van der Waals surface area contributed by atoms with E-state index in [1.807, 2.05) is 0 Å². The molecule has 12 heavy (non-hydrogen) atoms. The summed E-state index contributed by atoms with van der Waals surface area (Å²) in [5.74, 6) is -0.0319. The molecule has 0 rings (SSSR count). The normalized spacial score (nSPS) is 8.75. The fourth-order valence-corrected chi connectivity index (χ4v) is 0.585. The molecule has 68 valence electrons. The van der Waals surface area contributed by atoms with Gasteiger partial charge in [-0.05, 0) is 12.5 Å². The maximum Gasteiger partial charge on any atom is 0.406 e. The highest BCUT2D eigenvalue weighted by Gasteiger charge is 1.98. The summed E-state index contributed by atoms with van der Waals surface area (Å²) in [4.78, 5) is 21.1. The third kappa shape index (κ3) is 5.46. The van der Waals surface area contributed by atoms with Gasteiger partial charge < -0.3 is 10.1 Å². The van der Waals surface area contributed by atoms with Crippen molar-refractivity contribution in [1.82, 2.24) is 5.32 Å². The van der Waals surface area contributed by atoms with Gasteiger partial charge in [-0.25, -0.2) is 4.79 Å². The second-order valence-electron chi connectivity index (χ2n) is 2.16. The van der Waals surface area contributed by atoms with Crippen molar-refractivity contribution >= 4 is 11.9 Å². The number of ketones is 1. The van der Waals surface area contributed by atoms with Crippen LogP contribution in [-0.2, 0) is 9.53 Å². The Hall–Kier alpha value is -1.32. The smallest absolute Gasteiger partial charge is 0.406 e. The third-order valence-corrected chi connectivity index (χ3v) is 1.23. The molecule has 0 aromatic rings. The zero-order valence-corrected chi connectivity index (χ0v) is 7.13. The Kier molecular flexibility index (Phi) is 5.69. The fourth-order valence-electron chi connectivity index (χ4n) is 0.585. The molecular formula is C8H13NO3. The van der Waals surface area contributed by atoms with Crippen molar-refractivity contribution < 1.29 is 14.3 Å². The average molecular weight is 171 g/mol. The van der Waals surface area contributed by atoms with Gasteiger partial charge >= 0.3 is 6.09 Å². The van der Waals surface area contributed by atoms with Crippen LogP contribution in [0.25, 0.3) is 0 Å². The maximum atomic E-state index is 10.7. The molecule has 0 aromatic heterocycles. The molecule has 4 nitrogen and oxygen atoms in total. The summed E-state index contributed by atoms with van der Waals surface area (Å²) < 4.78 is 4.65. The zero-order valence-electron chi connectivity index (χ0n) is 7.13. The van der Waals surface area contributed by atoms with Gasteiger partial charge in [0, 0.05) is 13.5 Å². The number of ether oxygens (including phenoxy) is 1. The van der Waals surface area contributed by atoms with Gasteiger partial charge in [-0.1, -0.05) is 6.58 Å². The van der Waals surface area contributed by atoms with Crippen LogP contribution in [0.4, 0.5) is 4.79 Å². The predicted octanol–water partition coefficient (Wildman–Crippen LogP) is 0.878. The number of amides is 1. The van der Waals surface area contributed by atoms with Gasteiger partial charge in [0.2, 0.25) is 0 Å². The molecule has 0 spiro atoms. The van der Waals surface area contributed by atoms with E-state index in [0.29, 0.717) is 12.8 Å². The molecule has 0 aliphatic carbocycles. The van der Waals surface area contributed by atoms with Crippen molar-refractivity contribution in [3.05, 3.63) is 12.7 Å². The van der Waals surface area contributed by atoms with E-state index in [4.69, 9.17) is 0 Å². The molecule has 0 aliphatic rings. The number of nitrogens with one attached hydrogen (secondary N) is 1. The number of allylic oxidation sites excluding steroid dienone is 1. The van der Waals surface area contributed by atoms with Gasteiger partial charge in [0.25, 0.3) is 0 Å². The van der Waals surface area contributed by atoms with E-state index in [-0.39, 0.29) is 12.4 Å². The Balaban J connectivity index is 3.27. The quantitative estimate of drug-likeness (QED) is 0.493. The molecule has 0 heterocycles. The first-order chi connectivity index (χ1) is 5.70. The van der Waals surface area contributed by atoms with Crippen LogP contribution in [0.1, 0.15) is 12.8 Å². The Morgan fingerprint density at radius 3 is 2.75 bits per heavy atom. The molecule has 0 unspecified atom stereocenters. The summed E-state index contributed by atoms with van der Waals surface area (Å²) in [6.07, 6.45) is 1.71. The Bertz CT molecular complexity index is 177. The molecular weight excluding hydrogens is 158 g/mol. The number of carbonyl (C=O) groups is 2. The molecule has 4 heteroatoms. The summed E-state index contributed by atoms with van der Waals surface area (Å²) in [5.41, 5.74) is 0. The Morgan fingerprint density at radius 2 is 2.25 bits per heavy atom. The third-order valence-electron chi connectivity index (χ3n) is 1.23. The lowest BCUT2D eigenvalue weighted by Crippen LogP contribution is -2.19. The van der Waals surface area contributed by atoms with Gasteiger partial charge in [0.05, 0.1) is 6.61 Å². The van der Waals surface area contributed by atoms with Gasteiger partial charge in [0.1, 0.15) is 0 Å². The van der Waals surface area contributed by atoms with E-state index < -0.39 is 6.09 Å². The van der Waals surface area contributed by atoms with Crippen LogP contribution in [0.5, 0.6) is 0 Å². The van der Waals surface area contributed by atoms with E-state index in [0.717, 1.165) is 0 Å². The molecule has 1 amide bonds. The molecule has 0 saturated heterocycles. The van der Waals surface area contributed by atoms with E-state index in [1.165, 1.54) is 13.1 Å². The SMILES string of the molecule is C=CC(=O)CCCOC(=O)NC. The van der Waals surface area contributed by atoms with Crippen LogP contribution in [0.2, 0.25) is 0 Å². The van der Waals surface area contributed by atoms with Crippen molar-refractivity contribution in [3.63, 3.8) is 0 Å². The Morgan fingerprint density at radius 1 is 1.58 bits per heavy atom. The predicted molar refractivity (Wildman–Crippen MR) is 44.8 cm³/mol. The second kappa shape index (κ2) is 6.39. The van der Waals surface area contributed by atoms with Crippen molar-refractivity contribution in [1.29, 1.82) is 0 Å². The van der Waals surface area contributed by atoms with Gasteiger partial charge in [-0.3, -0.25) is 4.79 Å². The summed E-state index contributed by atoms with van der Waals surface area (Å²) in [6, 6.07) is 0. The summed E-state index contributed by atoms with van der Waals surface area (Å²) in [7, 11) is 1.48. The first kappa shape index (κ1) is 10.7. The largest absolute Gasteiger partial charge is 0.450 e. The molecule has 0 bridgehead atoms. The van der Waals surface area contributed by atoms with Crippen molar-refractivity contribution in [2.24, 2.45) is 0 Å². The lowest BCUT2D eigenvalue weighted by molar-refractivity contribution is -0.114. The van der Waals surface area contributed by atoms with E-state index >= 15 is 0 Å². The topological polar surface area (TPSA) is 55.4 Å². The first-order valence-corrected chi connectivity index (χ1v) is 3.70. The van der Waals surface area contributed by atoms with Crippen LogP contribution >= 0.6 is 0 Å². The number of rotatable bonds is 5. The van der Waals surface area contributed by atoms with E-state index in [9.17, 15) is 9.59 Å². The summed E-state index contributed by atoms with van der Waals surface area (Å²) in [5, 5.41) is 2.30. The summed E-state index contributed by atoms with van der Waals surface area (Å²) in [6.45, 7) is 3.58. The minimum absolute atomic E-state index is 0.0319. The molecule has 0 radical (unpaired) electrons. The van der Waals surface area contributed by atoms with Crippen LogP contribution < -0.4 is 5.32 Å². The number of hydrogen-bond acceptors (Lipinski definition) is 3. The van der Waals surface area contributed by atoms with Gasteiger partial charge in [-0.2, -0.15) is 0 Å². The van der Waals surface area contributed by atoms with Gasteiger partial charge in [0.15, 0.2) is 5.78 Å². The van der Waals surface area contributed by atoms with E-state index in [1.54, 1.807) is 0 Å². The van der Waals surface area contributed by atoms with Crippen LogP contribution in [0.15, 0.2) is 12.7 Å². The van der Waals surface area contributed by atoms with Crippen molar-refractivity contribution in [2.45, 2.75) is 12.8 Å². The Labute approximate surface area is 71.6 Å². The molecule has 0 aromatic carbocycles. The standard InChI is InChI=1S/C8H13NO3/c1-3-7(10)5-4-6-12-8(11)9-2/h3H,1,4-6H2,2H3,(H,9,11). The summed E-state index contributed by atoms with van der Waals surface area (Å²) >= 11 is 0. The molecule has 0 fully saturated rings. The highest BCUT2D eigenvalue weighted by molar-refractivity contribution is 5.88. The molecule has 1 N–H and O–H groups in total. The lowest BCUT2D eigenvalue weighted by Gasteiger charge is -2.01. The number of carbonyl (C=O) groups excluding carboxylic acids is 2. The minimum atomic E-state index is -0.471. The highest BCUT2D eigenvalue weighted by atomic mass is 16.5. The first-order valence-electron chi connectivity index (χ1n) is 3.70. The average Bonchev–Trinajstić information content (AvgIpc) is 2.11. The zero-order chi connectivity index (χ0) is 9.40. The molecule has 0 saturated carbocycles. The highest BCUT2D eigenvalue weighted by Crippen LogP contribution is 1.92. The van der Waals surface area contributed by atoms with Gasteiger partial charge in [-0.15, -0.1) is 0 Å². The van der Waals surface area contributed by atoms with E-state index in [2.05, 4.69) is 16.6 Å². The molecule has 0 atom stereocenters. The second-order valence-corrected chi connectivity index (χ2v) is 2.16. The molecule has 0 aliphatic heterocycles. The maximum absolute atomic E-state index is 10.7. The lowest BCUT2D eigenvalue weighted by atomic mass is 10.2. The van der Waals surface area contributed by atoms with Crippen LogP contribution in [-0.4, -0.2) is 25.5 Å². The monoisotopic (exact) mass is 171 g/mol. The number of hydrogen-bond donors (Lipinski definition) is 1. The fraction of sp³-hybridized carbons (Fsp3) is 0.500.